The van der Waals surface area contributed by atoms with Crippen LogP contribution in [0, 0.1) is 0 Å². The molecule has 0 aromatic carbocycles. The van der Waals surface area contributed by atoms with Crippen LogP contribution in [0.3, 0.4) is 0 Å². The van der Waals surface area contributed by atoms with E-state index in [9.17, 15) is 9.59 Å². The van der Waals surface area contributed by atoms with Crippen molar-refractivity contribution in [2.45, 2.75) is 18.9 Å². The molecule has 0 bridgehead atoms. The van der Waals surface area contributed by atoms with Crippen LogP contribution in [0.5, 0.6) is 0 Å². The van der Waals surface area contributed by atoms with Gasteiger partial charge in [-0.3, -0.25) is 4.79 Å². The molecular weight excluding hydrogens is 216 g/mol. The number of aliphatic carboxylic acids is 1. The maximum atomic E-state index is 11.8. The Kier molecular flexibility index (Phi) is 2.68. The van der Waals surface area contributed by atoms with E-state index in [1.54, 1.807) is 10.9 Å². The Bertz CT molecular complexity index is 377. The fourth-order valence-corrected chi connectivity index (χ4v) is 2.26. The summed E-state index contributed by atoms with van der Waals surface area (Å²) in [6.45, 7) is 0.507. The smallest absolute Gasteiger partial charge is 0.326 e. The first-order valence-corrected chi connectivity index (χ1v) is 5.56. The molecule has 1 aliphatic heterocycles. The summed E-state index contributed by atoms with van der Waals surface area (Å²) in [5.74, 6) is -1.21. The van der Waals surface area contributed by atoms with Gasteiger partial charge in [0.15, 0.2) is 0 Å². The van der Waals surface area contributed by atoms with E-state index in [-0.39, 0.29) is 5.91 Å². The molecule has 1 atom stereocenters. The third-order valence-electron chi connectivity index (χ3n) is 2.45. The van der Waals surface area contributed by atoms with E-state index in [1.165, 1.54) is 16.2 Å². The molecule has 1 aliphatic rings. The van der Waals surface area contributed by atoms with E-state index in [0.29, 0.717) is 18.7 Å². The van der Waals surface area contributed by atoms with Crippen molar-refractivity contribution >= 4 is 23.2 Å². The van der Waals surface area contributed by atoms with Gasteiger partial charge in [-0.15, -0.1) is 11.3 Å². The molecule has 1 N–H and O–H groups in total. The molecule has 0 saturated carbocycles. The predicted molar refractivity (Wildman–Crippen MR) is 53.8 cm³/mol. The summed E-state index contributed by atoms with van der Waals surface area (Å²) in [5.41, 5.74) is 1.91. The number of hydrogen-bond acceptors (Lipinski definition) is 4. The lowest BCUT2D eigenvalue weighted by Gasteiger charge is -2.19. The zero-order valence-corrected chi connectivity index (χ0v) is 8.74. The highest BCUT2D eigenvalue weighted by atomic mass is 32.1. The van der Waals surface area contributed by atoms with Gasteiger partial charge in [-0.1, -0.05) is 0 Å². The number of carboxylic acids is 1. The Balaban J connectivity index is 2.17. The third kappa shape index (κ3) is 1.85. The molecule has 2 heterocycles. The molecule has 1 aromatic rings. The van der Waals surface area contributed by atoms with Crippen molar-refractivity contribution in [2.75, 3.05) is 6.54 Å². The van der Waals surface area contributed by atoms with Crippen molar-refractivity contribution in [3.63, 3.8) is 0 Å². The van der Waals surface area contributed by atoms with Crippen LogP contribution in [0.4, 0.5) is 0 Å². The van der Waals surface area contributed by atoms with Crippen molar-refractivity contribution in [3.8, 4) is 0 Å². The van der Waals surface area contributed by atoms with Crippen LogP contribution in [-0.4, -0.2) is 39.5 Å². The number of carboxylic acid groups (broad SMARTS) is 1. The van der Waals surface area contributed by atoms with Crippen molar-refractivity contribution < 1.29 is 14.7 Å². The van der Waals surface area contributed by atoms with E-state index in [2.05, 4.69) is 4.98 Å². The molecule has 0 spiro atoms. The Labute approximate surface area is 90.4 Å². The molecule has 2 rings (SSSR count). The summed E-state index contributed by atoms with van der Waals surface area (Å²) >= 11 is 1.33. The molecule has 1 aromatic heterocycles. The van der Waals surface area contributed by atoms with Gasteiger partial charge in [0.2, 0.25) is 0 Å². The van der Waals surface area contributed by atoms with Crippen molar-refractivity contribution in [2.24, 2.45) is 0 Å². The lowest BCUT2D eigenvalue weighted by Crippen LogP contribution is -2.40. The largest absolute Gasteiger partial charge is 0.480 e. The second-order valence-corrected chi connectivity index (χ2v) is 4.09. The topological polar surface area (TPSA) is 70.5 Å². The number of hydrogen-bond donors (Lipinski definition) is 1. The highest BCUT2D eigenvalue weighted by Gasteiger charge is 2.34. The van der Waals surface area contributed by atoms with Crippen molar-refractivity contribution in [1.82, 2.24) is 9.88 Å². The van der Waals surface area contributed by atoms with Crippen LogP contribution < -0.4 is 0 Å². The second kappa shape index (κ2) is 3.98. The molecule has 6 heteroatoms. The first-order valence-electron chi connectivity index (χ1n) is 4.62. The van der Waals surface area contributed by atoms with Gasteiger partial charge < -0.3 is 10.0 Å². The minimum Gasteiger partial charge on any atom is -0.480 e. The highest BCUT2D eigenvalue weighted by molar-refractivity contribution is 7.07. The molecule has 0 aliphatic carbocycles. The Hall–Kier alpha value is -1.43. The van der Waals surface area contributed by atoms with Gasteiger partial charge in [-0.05, 0) is 12.8 Å². The van der Waals surface area contributed by atoms with Crippen LogP contribution in [0.1, 0.15) is 23.3 Å². The lowest BCUT2D eigenvalue weighted by atomic mass is 10.2. The average molecular weight is 226 g/mol. The van der Waals surface area contributed by atoms with Gasteiger partial charge in [0.1, 0.15) is 11.7 Å². The number of amides is 1. The molecule has 0 radical (unpaired) electrons. The standard InChI is InChI=1S/C9H10N2O3S/c12-8(6-4-15-5-10-6)11-3-1-2-7(11)9(13)14/h4-5,7H,1-3H2,(H,13,14)/t7-/m1/s1. The predicted octanol–water partition coefficient (Wildman–Crippen LogP) is 0.832. The normalized spacial score (nSPS) is 20.5. The Morgan fingerprint density at radius 3 is 3.00 bits per heavy atom. The summed E-state index contributed by atoms with van der Waals surface area (Å²) in [6.07, 6.45) is 1.28. The quantitative estimate of drug-likeness (QED) is 0.811. The van der Waals surface area contributed by atoms with Crippen LogP contribution in [0.15, 0.2) is 10.9 Å². The maximum Gasteiger partial charge on any atom is 0.326 e. The highest BCUT2D eigenvalue weighted by Crippen LogP contribution is 2.20. The number of carbonyl (C=O) groups is 2. The fraction of sp³-hybridized carbons (Fsp3) is 0.444. The molecule has 5 nitrogen and oxygen atoms in total. The van der Waals surface area contributed by atoms with Crippen LogP contribution in [-0.2, 0) is 4.79 Å². The summed E-state index contributed by atoms with van der Waals surface area (Å²) in [7, 11) is 0. The van der Waals surface area contributed by atoms with E-state index >= 15 is 0 Å². The Morgan fingerprint density at radius 1 is 1.60 bits per heavy atom. The molecular formula is C9H10N2O3S. The maximum absolute atomic E-state index is 11.8. The fourth-order valence-electron chi connectivity index (χ4n) is 1.73. The van der Waals surface area contributed by atoms with Gasteiger partial charge in [0, 0.05) is 11.9 Å². The number of aromatic nitrogens is 1. The van der Waals surface area contributed by atoms with Crippen LogP contribution >= 0.6 is 11.3 Å². The van der Waals surface area contributed by atoms with Crippen molar-refractivity contribution in [1.29, 1.82) is 0 Å². The number of thiazole rings is 1. The minimum atomic E-state index is -0.934. The zero-order chi connectivity index (χ0) is 10.8. The summed E-state index contributed by atoms with van der Waals surface area (Å²) < 4.78 is 0. The summed E-state index contributed by atoms with van der Waals surface area (Å²) in [4.78, 5) is 28.0. The van der Waals surface area contributed by atoms with Crippen LogP contribution in [0.2, 0.25) is 0 Å². The molecule has 1 amide bonds. The van der Waals surface area contributed by atoms with Crippen molar-refractivity contribution in [3.05, 3.63) is 16.6 Å². The monoisotopic (exact) mass is 226 g/mol. The van der Waals surface area contributed by atoms with Gasteiger partial charge in [0.05, 0.1) is 5.51 Å². The number of carbonyl (C=O) groups excluding carboxylic acids is 1. The van der Waals surface area contributed by atoms with Gasteiger partial charge in [0.25, 0.3) is 5.91 Å². The SMILES string of the molecule is O=C(O)[C@H]1CCCN1C(=O)c1cscn1. The molecule has 80 valence electrons. The van der Waals surface area contributed by atoms with Gasteiger partial charge in [-0.2, -0.15) is 0 Å². The molecule has 0 unspecified atom stereocenters. The average Bonchev–Trinajstić information content (AvgIpc) is 2.88. The van der Waals surface area contributed by atoms with Gasteiger partial charge in [-0.25, -0.2) is 9.78 Å². The van der Waals surface area contributed by atoms with E-state index in [0.717, 1.165) is 6.42 Å². The lowest BCUT2D eigenvalue weighted by molar-refractivity contribution is -0.141. The molecule has 15 heavy (non-hydrogen) atoms. The third-order valence-corrected chi connectivity index (χ3v) is 3.04. The summed E-state index contributed by atoms with van der Waals surface area (Å²) in [6, 6.07) is -0.681. The number of nitrogens with zero attached hydrogens (tertiary/aromatic N) is 2. The first kappa shape index (κ1) is 10.1. The minimum absolute atomic E-state index is 0.277. The van der Waals surface area contributed by atoms with Gasteiger partial charge >= 0.3 is 5.97 Å². The molecule has 1 saturated heterocycles. The Morgan fingerprint density at radius 2 is 2.40 bits per heavy atom. The zero-order valence-electron chi connectivity index (χ0n) is 7.92. The van der Waals surface area contributed by atoms with Crippen LogP contribution in [0.25, 0.3) is 0 Å². The summed E-state index contributed by atoms with van der Waals surface area (Å²) in [5, 5.41) is 10.6. The van der Waals surface area contributed by atoms with E-state index < -0.39 is 12.0 Å². The first-order chi connectivity index (χ1) is 7.20. The number of rotatable bonds is 2. The van der Waals surface area contributed by atoms with E-state index in [1.807, 2.05) is 0 Å². The van der Waals surface area contributed by atoms with E-state index in [4.69, 9.17) is 5.11 Å². The second-order valence-electron chi connectivity index (χ2n) is 3.37. The molecule has 1 fully saturated rings. The number of likely N-dealkylation sites (tertiary alicyclic amines) is 1.